The smallest absolute Gasteiger partial charge is 0.413 e. The second-order valence-corrected chi connectivity index (χ2v) is 17.7. The van der Waals surface area contributed by atoms with Gasteiger partial charge < -0.3 is 9.33 Å². The van der Waals surface area contributed by atoms with Crippen LogP contribution < -0.4 is 4.90 Å². The lowest BCUT2D eigenvalue weighted by atomic mass is 9.81. The van der Waals surface area contributed by atoms with Gasteiger partial charge in [-0.25, -0.2) is 4.98 Å². The number of carbonyl (C=O) groups excluding carboxylic acids is 1. The van der Waals surface area contributed by atoms with Gasteiger partial charge in [0.25, 0.3) is 0 Å². The SMILES string of the molecule is CN(C(=O)C(C)(C)c1cc(C(F)(F)F)cc(C(F)(F)F)c1)c1cnc(Cl)cc1-c1ccccc1CO[Si](C)(C)C(C)(C)C. The van der Waals surface area contributed by atoms with E-state index >= 15 is 0 Å². The van der Waals surface area contributed by atoms with Crippen molar-refractivity contribution in [1.29, 1.82) is 0 Å². The van der Waals surface area contributed by atoms with Crippen LogP contribution in [0, 0.1) is 0 Å². The van der Waals surface area contributed by atoms with E-state index in [-0.39, 0.29) is 28.6 Å². The number of alkyl halides is 6. The molecule has 1 heterocycles. The Balaban J connectivity index is 2.10. The van der Waals surface area contributed by atoms with E-state index in [0.29, 0.717) is 23.3 Å². The largest absolute Gasteiger partial charge is 0.416 e. The highest BCUT2D eigenvalue weighted by Crippen LogP contribution is 2.42. The second kappa shape index (κ2) is 11.9. The van der Waals surface area contributed by atoms with Gasteiger partial charge in [0.05, 0.1) is 35.0 Å². The minimum absolute atomic E-state index is 0.0395. The minimum atomic E-state index is -5.05. The molecule has 0 spiro atoms. The van der Waals surface area contributed by atoms with Crippen molar-refractivity contribution in [2.45, 2.75) is 77.1 Å². The number of benzene rings is 2. The van der Waals surface area contributed by atoms with Crippen LogP contribution in [0.4, 0.5) is 32.0 Å². The van der Waals surface area contributed by atoms with Gasteiger partial charge in [-0.05, 0) is 72.9 Å². The van der Waals surface area contributed by atoms with Crippen LogP contribution in [-0.2, 0) is 33.6 Å². The second-order valence-electron chi connectivity index (χ2n) is 12.5. The lowest BCUT2D eigenvalue weighted by Crippen LogP contribution is -2.42. The fourth-order valence-corrected chi connectivity index (χ4v) is 5.36. The highest BCUT2D eigenvalue weighted by atomic mass is 35.5. The summed E-state index contributed by atoms with van der Waals surface area (Å²) < 4.78 is 87.9. The van der Waals surface area contributed by atoms with E-state index in [0.717, 1.165) is 5.56 Å². The maximum atomic E-state index is 13.9. The summed E-state index contributed by atoms with van der Waals surface area (Å²) in [6, 6.07) is 10.1. The van der Waals surface area contributed by atoms with Crippen molar-refractivity contribution in [3.8, 4) is 11.1 Å². The predicted molar refractivity (Wildman–Crippen MR) is 160 cm³/mol. The fourth-order valence-electron chi connectivity index (χ4n) is 4.26. The molecule has 0 saturated heterocycles. The molecule has 1 aromatic heterocycles. The number of carbonyl (C=O) groups is 1. The summed E-state index contributed by atoms with van der Waals surface area (Å²) in [4.78, 5) is 19.2. The summed E-state index contributed by atoms with van der Waals surface area (Å²) >= 11 is 6.27. The van der Waals surface area contributed by atoms with Gasteiger partial charge in [0.2, 0.25) is 5.91 Å². The number of pyridine rings is 1. The van der Waals surface area contributed by atoms with Gasteiger partial charge >= 0.3 is 12.4 Å². The number of aromatic nitrogens is 1. The molecular formula is C31H35ClF6N2O2Si. The van der Waals surface area contributed by atoms with Gasteiger partial charge in [-0.1, -0.05) is 56.6 Å². The molecule has 43 heavy (non-hydrogen) atoms. The molecule has 3 rings (SSSR count). The molecule has 0 bridgehead atoms. The van der Waals surface area contributed by atoms with Crippen LogP contribution in [-0.4, -0.2) is 26.3 Å². The first kappa shape index (κ1) is 34.6. The lowest BCUT2D eigenvalue weighted by molar-refractivity contribution is -0.143. The summed E-state index contributed by atoms with van der Waals surface area (Å²) in [6.07, 6.45) is -8.75. The molecule has 12 heteroatoms. The first-order valence-electron chi connectivity index (χ1n) is 13.4. The first-order chi connectivity index (χ1) is 19.5. The third-order valence-corrected chi connectivity index (χ3v) is 12.7. The minimum Gasteiger partial charge on any atom is -0.413 e. The zero-order chi connectivity index (χ0) is 32.8. The zero-order valence-corrected chi connectivity index (χ0v) is 27.0. The highest BCUT2D eigenvalue weighted by Gasteiger charge is 2.41. The van der Waals surface area contributed by atoms with Gasteiger partial charge in [0, 0.05) is 12.6 Å². The van der Waals surface area contributed by atoms with Gasteiger partial charge in [0.15, 0.2) is 8.32 Å². The number of likely N-dealkylation sites (N-methyl/N-ethyl adjacent to an activating group) is 1. The van der Waals surface area contributed by atoms with Gasteiger partial charge in [-0.2, -0.15) is 26.3 Å². The quantitative estimate of drug-likeness (QED) is 0.146. The van der Waals surface area contributed by atoms with E-state index in [2.05, 4.69) is 38.8 Å². The standard InChI is InChI=1S/C31H35ClF6N2O2Si/c1-28(2,3)43(7,8)42-18-19-11-9-10-12-23(19)24-16-26(32)39-17-25(24)40(6)27(41)29(4,5)20-13-21(30(33,34)35)15-22(14-20)31(36,37)38/h9-17H,18H2,1-8H3. The van der Waals surface area contributed by atoms with E-state index in [1.165, 1.54) is 32.0 Å². The number of nitrogens with zero attached hydrogens (tertiary/aromatic N) is 2. The average molecular weight is 645 g/mol. The third-order valence-electron chi connectivity index (χ3n) is 8.06. The van der Waals surface area contributed by atoms with Crippen molar-refractivity contribution in [3.63, 3.8) is 0 Å². The molecule has 1 amide bonds. The van der Waals surface area contributed by atoms with E-state index in [1.807, 2.05) is 18.2 Å². The van der Waals surface area contributed by atoms with Crippen molar-refractivity contribution in [3.05, 3.63) is 82.1 Å². The van der Waals surface area contributed by atoms with Crippen LogP contribution in [0.25, 0.3) is 11.1 Å². The maximum absolute atomic E-state index is 13.9. The number of anilines is 1. The fraction of sp³-hybridized carbons (Fsp3) is 0.419. The molecule has 0 radical (unpaired) electrons. The Kier molecular flexibility index (Phi) is 9.57. The van der Waals surface area contributed by atoms with E-state index < -0.39 is 48.7 Å². The average Bonchev–Trinajstić information content (AvgIpc) is 2.89. The summed E-state index contributed by atoms with van der Waals surface area (Å²) in [7, 11) is -0.743. The molecule has 0 aliphatic rings. The van der Waals surface area contributed by atoms with E-state index in [9.17, 15) is 31.1 Å². The Morgan fingerprint density at radius 1 is 0.860 bits per heavy atom. The summed E-state index contributed by atoms with van der Waals surface area (Å²) in [6.45, 7) is 13.5. The molecule has 0 fully saturated rings. The summed E-state index contributed by atoms with van der Waals surface area (Å²) in [5.41, 5.74) is -2.95. The van der Waals surface area contributed by atoms with Gasteiger partial charge in [0.1, 0.15) is 5.15 Å². The van der Waals surface area contributed by atoms with Gasteiger partial charge in [-0.3, -0.25) is 4.79 Å². The molecule has 0 unspecified atom stereocenters. The van der Waals surface area contributed by atoms with Crippen LogP contribution in [0.15, 0.2) is 54.7 Å². The molecule has 0 N–H and O–H groups in total. The first-order valence-corrected chi connectivity index (χ1v) is 16.7. The van der Waals surface area contributed by atoms with Gasteiger partial charge in [-0.15, -0.1) is 0 Å². The third kappa shape index (κ3) is 7.61. The van der Waals surface area contributed by atoms with Crippen LogP contribution >= 0.6 is 11.6 Å². The molecule has 4 nitrogen and oxygen atoms in total. The van der Waals surface area contributed by atoms with Crippen molar-refractivity contribution >= 4 is 31.5 Å². The Bertz CT molecular complexity index is 1460. The molecule has 2 aromatic carbocycles. The monoisotopic (exact) mass is 644 g/mol. The number of halogens is 7. The Labute approximate surface area is 254 Å². The van der Waals surface area contributed by atoms with Crippen molar-refractivity contribution < 1.29 is 35.6 Å². The van der Waals surface area contributed by atoms with Crippen molar-refractivity contribution in [1.82, 2.24) is 4.98 Å². The number of rotatable bonds is 7. The van der Waals surface area contributed by atoms with Crippen molar-refractivity contribution in [2.75, 3.05) is 11.9 Å². The maximum Gasteiger partial charge on any atom is 0.416 e. The number of hydrogen-bond acceptors (Lipinski definition) is 3. The Morgan fingerprint density at radius 3 is 1.88 bits per heavy atom. The topological polar surface area (TPSA) is 42.4 Å². The predicted octanol–water partition coefficient (Wildman–Crippen LogP) is 9.90. The molecule has 3 aromatic rings. The molecule has 0 atom stereocenters. The molecule has 234 valence electrons. The lowest BCUT2D eigenvalue weighted by Gasteiger charge is -2.36. The van der Waals surface area contributed by atoms with Crippen LogP contribution in [0.1, 0.15) is 56.9 Å². The zero-order valence-electron chi connectivity index (χ0n) is 25.3. The Morgan fingerprint density at radius 2 is 1.37 bits per heavy atom. The molecule has 0 aliphatic heterocycles. The van der Waals surface area contributed by atoms with Crippen LogP contribution in [0.5, 0.6) is 0 Å². The van der Waals surface area contributed by atoms with Crippen molar-refractivity contribution in [2.24, 2.45) is 0 Å². The van der Waals surface area contributed by atoms with E-state index in [4.69, 9.17) is 16.0 Å². The number of amides is 1. The van der Waals surface area contributed by atoms with E-state index in [1.54, 1.807) is 12.1 Å². The molecule has 0 aliphatic carbocycles. The normalized spacial score (nSPS) is 13.3. The van der Waals surface area contributed by atoms with Crippen LogP contribution in [0.2, 0.25) is 23.3 Å². The molecular weight excluding hydrogens is 610 g/mol. The molecule has 0 saturated carbocycles. The summed E-state index contributed by atoms with van der Waals surface area (Å²) in [5.74, 6) is -0.750. The summed E-state index contributed by atoms with van der Waals surface area (Å²) in [5, 5.41) is 0.0902. The Hall–Kier alpha value is -2.89. The number of hydrogen-bond donors (Lipinski definition) is 0. The van der Waals surface area contributed by atoms with Crippen LogP contribution in [0.3, 0.4) is 0 Å². The highest BCUT2D eigenvalue weighted by molar-refractivity contribution is 6.74.